The zero-order valence-electron chi connectivity index (χ0n) is 18.9. The van der Waals surface area contributed by atoms with E-state index in [1.807, 2.05) is 17.0 Å². The van der Waals surface area contributed by atoms with Crippen molar-refractivity contribution in [3.8, 4) is 11.5 Å². The molecule has 1 fully saturated rings. The lowest BCUT2D eigenvalue weighted by Crippen LogP contribution is -2.49. The van der Waals surface area contributed by atoms with E-state index in [-0.39, 0.29) is 5.91 Å². The second-order valence-electron chi connectivity index (χ2n) is 8.39. The topological polar surface area (TPSA) is 42.0 Å². The lowest BCUT2D eigenvalue weighted by molar-refractivity contribution is 0.0746. The summed E-state index contributed by atoms with van der Waals surface area (Å²) in [5.74, 6) is 1.93. The molecule has 0 bridgehead atoms. The zero-order chi connectivity index (χ0) is 21.7. The normalized spacial score (nSPS) is 14.2. The maximum atomic E-state index is 13.1. The van der Waals surface area contributed by atoms with E-state index in [2.05, 4.69) is 50.8 Å². The highest BCUT2D eigenvalue weighted by Gasteiger charge is 2.24. The summed E-state index contributed by atoms with van der Waals surface area (Å²) >= 11 is 0. The molecule has 1 saturated heterocycles. The summed E-state index contributed by atoms with van der Waals surface area (Å²) < 4.78 is 11.3. The Bertz CT molecular complexity index is 871. The molecule has 0 aliphatic carbocycles. The van der Waals surface area contributed by atoms with E-state index < -0.39 is 0 Å². The van der Waals surface area contributed by atoms with E-state index in [0.717, 1.165) is 19.5 Å². The number of amides is 1. The summed E-state index contributed by atoms with van der Waals surface area (Å²) in [6.45, 7) is 12.4. The quantitative estimate of drug-likeness (QED) is 0.664. The van der Waals surface area contributed by atoms with Gasteiger partial charge in [0.1, 0.15) is 0 Å². The van der Waals surface area contributed by atoms with Gasteiger partial charge >= 0.3 is 0 Å². The standard InChI is InChI=1S/C25H34N2O3/c1-18(2)11-16-30-23-10-9-21(17-24(23)29-5)25(28)27-14-12-26(13-15-27)22-8-6-7-19(3)20(22)4/h6-10,17-18H,11-16H2,1-5H3. The number of benzene rings is 2. The molecule has 0 aromatic heterocycles. The number of hydrogen-bond acceptors (Lipinski definition) is 4. The van der Waals surface area contributed by atoms with Crippen LogP contribution in [0, 0.1) is 19.8 Å². The van der Waals surface area contributed by atoms with Crippen molar-refractivity contribution in [2.24, 2.45) is 5.92 Å². The molecule has 162 valence electrons. The Hall–Kier alpha value is -2.69. The number of hydrogen-bond donors (Lipinski definition) is 0. The summed E-state index contributed by atoms with van der Waals surface area (Å²) in [4.78, 5) is 17.4. The number of carbonyl (C=O) groups excluding carboxylic acids is 1. The Balaban J connectivity index is 1.64. The predicted octanol–water partition coefficient (Wildman–Crippen LogP) is 4.70. The van der Waals surface area contributed by atoms with E-state index in [9.17, 15) is 4.79 Å². The van der Waals surface area contributed by atoms with Gasteiger partial charge in [-0.3, -0.25) is 4.79 Å². The van der Waals surface area contributed by atoms with Crippen LogP contribution in [0.1, 0.15) is 41.8 Å². The van der Waals surface area contributed by atoms with Crippen molar-refractivity contribution in [1.29, 1.82) is 0 Å². The summed E-state index contributed by atoms with van der Waals surface area (Å²) in [7, 11) is 1.61. The first-order chi connectivity index (χ1) is 14.4. The van der Waals surface area contributed by atoms with E-state index in [4.69, 9.17) is 9.47 Å². The number of anilines is 1. The SMILES string of the molecule is COc1cc(C(=O)N2CCN(c3cccc(C)c3C)CC2)ccc1OCCC(C)C. The van der Waals surface area contributed by atoms with Gasteiger partial charge in [-0.25, -0.2) is 0 Å². The number of methoxy groups -OCH3 is 1. The van der Waals surface area contributed by atoms with Gasteiger partial charge in [-0.15, -0.1) is 0 Å². The second kappa shape index (κ2) is 9.88. The van der Waals surface area contributed by atoms with E-state index in [1.54, 1.807) is 13.2 Å². The zero-order valence-corrected chi connectivity index (χ0v) is 18.9. The molecule has 1 aliphatic heterocycles. The molecule has 1 amide bonds. The maximum absolute atomic E-state index is 13.1. The number of piperazine rings is 1. The molecule has 0 N–H and O–H groups in total. The molecule has 5 nitrogen and oxygen atoms in total. The van der Waals surface area contributed by atoms with Gasteiger partial charge < -0.3 is 19.3 Å². The fourth-order valence-electron chi connectivity index (χ4n) is 3.74. The van der Waals surface area contributed by atoms with Crippen LogP contribution in [-0.4, -0.2) is 50.7 Å². The van der Waals surface area contributed by atoms with Crippen LogP contribution in [0.4, 0.5) is 5.69 Å². The summed E-state index contributed by atoms with van der Waals surface area (Å²) in [5.41, 5.74) is 4.53. The Labute approximate surface area is 180 Å². The number of nitrogens with zero attached hydrogens (tertiary/aromatic N) is 2. The van der Waals surface area contributed by atoms with Crippen LogP contribution >= 0.6 is 0 Å². The lowest BCUT2D eigenvalue weighted by atomic mass is 10.1. The Morgan fingerprint density at radius 1 is 1.03 bits per heavy atom. The van der Waals surface area contributed by atoms with E-state index in [0.29, 0.717) is 42.7 Å². The van der Waals surface area contributed by atoms with Gasteiger partial charge in [0.15, 0.2) is 11.5 Å². The molecular formula is C25H34N2O3. The van der Waals surface area contributed by atoms with Gasteiger partial charge in [0, 0.05) is 37.4 Å². The van der Waals surface area contributed by atoms with Crippen LogP contribution in [0.25, 0.3) is 0 Å². The van der Waals surface area contributed by atoms with Gasteiger partial charge in [0.2, 0.25) is 0 Å². The average molecular weight is 411 g/mol. The van der Waals surface area contributed by atoms with Gasteiger partial charge in [-0.2, -0.15) is 0 Å². The maximum Gasteiger partial charge on any atom is 0.254 e. The molecule has 2 aromatic carbocycles. The molecule has 3 rings (SSSR count). The molecule has 30 heavy (non-hydrogen) atoms. The van der Waals surface area contributed by atoms with Crippen molar-refractivity contribution in [3.05, 3.63) is 53.1 Å². The summed E-state index contributed by atoms with van der Waals surface area (Å²) in [6, 6.07) is 11.9. The minimum atomic E-state index is 0.0441. The molecule has 1 heterocycles. The molecule has 0 atom stereocenters. The highest BCUT2D eigenvalue weighted by molar-refractivity contribution is 5.95. The minimum absolute atomic E-state index is 0.0441. The number of rotatable bonds is 7. The van der Waals surface area contributed by atoms with Crippen LogP contribution < -0.4 is 14.4 Å². The van der Waals surface area contributed by atoms with Crippen molar-refractivity contribution < 1.29 is 14.3 Å². The largest absolute Gasteiger partial charge is 0.493 e. The van der Waals surface area contributed by atoms with Gasteiger partial charge in [0.25, 0.3) is 5.91 Å². The van der Waals surface area contributed by atoms with Crippen molar-refractivity contribution in [2.75, 3.05) is 44.8 Å². The van der Waals surface area contributed by atoms with Gasteiger partial charge in [0.05, 0.1) is 13.7 Å². The van der Waals surface area contributed by atoms with Crippen LogP contribution in [0.3, 0.4) is 0 Å². The first-order valence-electron chi connectivity index (χ1n) is 10.8. The summed E-state index contributed by atoms with van der Waals surface area (Å²) in [5, 5.41) is 0. The molecule has 2 aromatic rings. The van der Waals surface area contributed by atoms with Crippen molar-refractivity contribution in [2.45, 2.75) is 34.1 Å². The van der Waals surface area contributed by atoms with Crippen LogP contribution in [0.15, 0.2) is 36.4 Å². The number of aryl methyl sites for hydroxylation is 1. The van der Waals surface area contributed by atoms with Crippen molar-refractivity contribution in [3.63, 3.8) is 0 Å². The predicted molar refractivity (Wildman–Crippen MR) is 122 cm³/mol. The lowest BCUT2D eigenvalue weighted by Gasteiger charge is -2.37. The van der Waals surface area contributed by atoms with Crippen molar-refractivity contribution in [1.82, 2.24) is 4.90 Å². The Morgan fingerprint density at radius 3 is 2.43 bits per heavy atom. The van der Waals surface area contributed by atoms with Crippen LogP contribution in [-0.2, 0) is 0 Å². The van der Waals surface area contributed by atoms with E-state index >= 15 is 0 Å². The summed E-state index contributed by atoms with van der Waals surface area (Å²) in [6.07, 6.45) is 0.981. The average Bonchev–Trinajstić information content (AvgIpc) is 2.75. The van der Waals surface area contributed by atoms with Gasteiger partial charge in [-0.05, 0) is 61.6 Å². The number of ether oxygens (including phenoxy) is 2. The number of carbonyl (C=O) groups is 1. The van der Waals surface area contributed by atoms with E-state index in [1.165, 1.54) is 16.8 Å². The molecule has 1 aliphatic rings. The fraction of sp³-hybridized carbons (Fsp3) is 0.480. The third kappa shape index (κ3) is 5.07. The smallest absolute Gasteiger partial charge is 0.254 e. The first-order valence-corrected chi connectivity index (χ1v) is 10.8. The Morgan fingerprint density at radius 2 is 1.77 bits per heavy atom. The van der Waals surface area contributed by atoms with Crippen LogP contribution in [0.5, 0.6) is 11.5 Å². The third-order valence-corrected chi connectivity index (χ3v) is 5.85. The molecule has 5 heteroatoms. The molecule has 0 radical (unpaired) electrons. The van der Waals surface area contributed by atoms with Gasteiger partial charge in [-0.1, -0.05) is 26.0 Å². The highest BCUT2D eigenvalue weighted by atomic mass is 16.5. The molecule has 0 saturated carbocycles. The monoisotopic (exact) mass is 410 g/mol. The second-order valence-corrected chi connectivity index (χ2v) is 8.39. The minimum Gasteiger partial charge on any atom is -0.493 e. The fourth-order valence-corrected chi connectivity index (χ4v) is 3.74. The molecular weight excluding hydrogens is 376 g/mol. The molecule has 0 unspecified atom stereocenters. The van der Waals surface area contributed by atoms with Crippen molar-refractivity contribution >= 4 is 11.6 Å². The Kier molecular flexibility index (Phi) is 7.24. The van der Waals surface area contributed by atoms with Crippen LogP contribution in [0.2, 0.25) is 0 Å². The molecule has 0 spiro atoms. The first kappa shape index (κ1) is 22.0. The highest BCUT2D eigenvalue weighted by Crippen LogP contribution is 2.29. The third-order valence-electron chi connectivity index (χ3n) is 5.85.